The van der Waals surface area contributed by atoms with Crippen molar-refractivity contribution in [2.75, 3.05) is 0 Å². The van der Waals surface area contributed by atoms with Crippen LogP contribution in [0.4, 0.5) is 13.2 Å². The topological polar surface area (TPSA) is 113 Å². The molecule has 1 unspecified atom stereocenters. The van der Waals surface area contributed by atoms with E-state index in [9.17, 15) is 22.8 Å². The third-order valence-corrected chi connectivity index (χ3v) is 7.02. The highest BCUT2D eigenvalue weighted by Crippen LogP contribution is 2.36. The minimum absolute atomic E-state index is 0.0144. The van der Waals surface area contributed by atoms with E-state index in [4.69, 9.17) is 14.2 Å². The van der Waals surface area contributed by atoms with Gasteiger partial charge in [-0.3, -0.25) is 4.79 Å². The average molecular weight is 540 g/mol. The second-order valence-corrected chi connectivity index (χ2v) is 9.72. The van der Waals surface area contributed by atoms with Gasteiger partial charge >= 0.3 is 18.3 Å². The lowest BCUT2D eigenvalue weighted by Crippen LogP contribution is -2.29. The molecular weight excluding hydrogens is 507 g/mol. The Morgan fingerprint density at radius 3 is 2.32 bits per heavy atom. The Balaban J connectivity index is 1.27. The third-order valence-electron chi connectivity index (χ3n) is 7.02. The van der Waals surface area contributed by atoms with E-state index in [1.165, 1.54) is 12.1 Å². The molecule has 0 bridgehead atoms. The first-order valence-corrected chi connectivity index (χ1v) is 13.1. The van der Waals surface area contributed by atoms with E-state index < -0.39 is 18.6 Å². The molecule has 38 heavy (non-hydrogen) atoms. The number of esters is 2. The fourth-order valence-electron chi connectivity index (χ4n) is 4.98. The van der Waals surface area contributed by atoms with E-state index in [1.807, 2.05) is 0 Å². The molecule has 0 spiro atoms. The number of hydrogen-bond acceptors (Lipinski definition) is 8. The summed E-state index contributed by atoms with van der Waals surface area (Å²) in [4.78, 5) is 25.2. The van der Waals surface area contributed by atoms with Crippen LogP contribution in [0.25, 0.3) is 0 Å². The van der Waals surface area contributed by atoms with Crippen molar-refractivity contribution in [3.8, 4) is 11.6 Å². The van der Waals surface area contributed by atoms with Crippen molar-refractivity contribution in [3.63, 3.8) is 0 Å². The van der Waals surface area contributed by atoms with Gasteiger partial charge in [0.15, 0.2) is 0 Å². The van der Waals surface area contributed by atoms with Crippen LogP contribution in [0, 0.1) is 5.92 Å². The minimum Gasteiger partial charge on any atom is -0.472 e. The molecule has 12 heteroatoms. The van der Waals surface area contributed by atoms with E-state index >= 15 is 0 Å². The van der Waals surface area contributed by atoms with Gasteiger partial charge in [0.1, 0.15) is 11.9 Å². The Labute approximate surface area is 218 Å². The normalized spacial score (nSPS) is 21.4. The number of nitrogens with one attached hydrogen (secondary N) is 1. The quantitative estimate of drug-likeness (QED) is 0.313. The van der Waals surface area contributed by atoms with Crippen molar-refractivity contribution in [1.29, 1.82) is 0 Å². The van der Waals surface area contributed by atoms with Crippen molar-refractivity contribution in [1.82, 2.24) is 15.4 Å². The monoisotopic (exact) mass is 539 g/mol. The number of ether oxygens (including phenoxy) is 4. The first-order valence-electron chi connectivity index (χ1n) is 13.1. The number of hydrogen-bond donors (Lipinski definition) is 1. The largest absolute Gasteiger partial charge is 0.573 e. The number of benzene rings is 1. The van der Waals surface area contributed by atoms with E-state index in [-0.39, 0.29) is 41.2 Å². The van der Waals surface area contributed by atoms with Gasteiger partial charge in [-0.15, -0.1) is 13.2 Å². The molecule has 4 rings (SSSR count). The van der Waals surface area contributed by atoms with E-state index in [0.29, 0.717) is 19.3 Å². The number of aromatic amines is 1. The summed E-state index contributed by atoms with van der Waals surface area (Å²) in [6, 6.07) is 5.91. The van der Waals surface area contributed by atoms with Crippen LogP contribution in [0.15, 0.2) is 24.3 Å². The van der Waals surface area contributed by atoms with Crippen LogP contribution in [0.2, 0.25) is 0 Å². The van der Waals surface area contributed by atoms with Gasteiger partial charge in [0.05, 0.1) is 5.92 Å². The zero-order chi connectivity index (χ0) is 27.1. The molecule has 1 N–H and O–H groups in total. The molecule has 1 aromatic carbocycles. The SMILES string of the molecule is CCC(OC(=O)c1[nH]nnc1O[C@H]1CC[C@H](c2ccc(OC(F)(F)F)cc2)CC1)OC(=O)C1CCCCC1. The molecule has 1 heterocycles. The molecule has 1 aromatic heterocycles. The predicted molar refractivity (Wildman–Crippen MR) is 127 cm³/mol. The van der Waals surface area contributed by atoms with Gasteiger partial charge in [-0.25, -0.2) is 9.89 Å². The van der Waals surface area contributed by atoms with Gasteiger partial charge in [-0.1, -0.05) is 48.6 Å². The van der Waals surface area contributed by atoms with Crippen LogP contribution >= 0.6 is 0 Å². The number of halogens is 3. The Bertz CT molecular complexity index is 1060. The van der Waals surface area contributed by atoms with Crippen LogP contribution in [0.3, 0.4) is 0 Å². The molecule has 208 valence electrons. The first-order chi connectivity index (χ1) is 18.2. The standard InChI is InChI=1S/C26H32F3N3O6/c1-2-21(36-24(33)18-6-4-3-5-7-18)37-25(34)22-23(31-32-30-22)35-19-12-8-16(9-13-19)17-10-14-20(15-11-17)38-26(27,28)29/h10-11,14-16,18-19,21H,2-9,12-13H2,1H3,(H,30,31,32)/t16-,19-,21?. The minimum atomic E-state index is -4.72. The molecule has 0 saturated heterocycles. The van der Waals surface area contributed by atoms with Crippen molar-refractivity contribution >= 4 is 11.9 Å². The second-order valence-electron chi connectivity index (χ2n) is 9.72. The fourth-order valence-corrected chi connectivity index (χ4v) is 4.98. The summed E-state index contributed by atoms with van der Waals surface area (Å²) in [5.41, 5.74) is 0.872. The molecule has 2 aliphatic carbocycles. The van der Waals surface area contributed by atoms with Crippen molar-refractivity contribution in [2.24, 2.45) is 5.92 Å². The molecule has 2 saturated carbocycles. The second kappa shape index (κ2) is 12.5. The van der Waals surface area contributed by atoms with E-state index in [0.717, 1.165) is 50.5 Å². The fraction of sp³-hybridized carbons (Fsp3) is 0.615. The molecular formula is C26H32F3N3O6. The lowest BCUT2D eigenvalue weighted by Gasteiger charge is -2.28. The summed E-state index contributed by atoms with van der Waals surface area (Å²) in [7, 11) is 0. The van der Waals surface area contributed by atoms with Crippen LogP contribution in [0.1, 0.15) is 93.1 Å². The lowest BCUT2D eigenvalue weighted by molar-refractivity contribution is -0.274. The number of H-pyrrole nitrogens is 1. The average Bonchev–Trinajstić information content (AvgIpc) is 3.37. The smallest absolute Gasteiger partial charge is 0.472 e. The Hall–Kier alpha value is -3.31. The van der Waals surface area contributed by atoms with Crippen molar-refractivity contribution in [2.45, 2.75) is 95.8 Å². The molecule has 0 radical (unpaired) electrons. The maximum absolute atomic E-state index is 12.8. The lowest BCUT2D eigenvalue weighted by atomic mass is 9.83. The maximum Gasteiger partial charge on any atom is 0.573 e. The summed E-state index contributed by atoms with van der Waals surface area (Å²) in [6.45, 7) is 1.75. The summed E-state index contributed by atoms with van der Waals surface area (Å²) in [5, 5.41) is 10.0. The highest BCUT2D eigenvalue weighted by atomic mass is 19.4. The molecule has 9 nitrogen and oxygen atoms in total. The number of aromatic nitrogens is 3. The summed E-state index contributed by atoms with van der Waals surface area (Å²) in [5.74, 6) is -1.35. The van der Waals surface area contributed by atoms with E-state index in [1.54, 1.807) is 19.1 Å². The summed E-state index contributed by atoms with van der Waals surface area (Å²) < 4.78 is 57.8. The van der Waals surface area contributed by atoms with Gasteiger partial charge in [-0.2, -0.15) is 0 Å². The van der Waals surface area contributed by atoms with Gasteiger partial charge < -0.3 is 18.9 Å². The third kappa shape index (κ3) is 7.61. The Morgan fingerprint density at radius 1 is 1.00 bits per heavy atom. The van der Waals surface area contributed by atoms with Gasteiger partial charge in [0.2, 0.25) is 12.0 Å². The van der Waals surface area contributed by atoms with Crippen LogP contribution in [-0.4, -0.2) is 46.1 Å². The number of nitrogens with zero attached hydrogens (tertiary/aromatic N) is 2. The maximum atomic E-state index is 12.8. The number of carbonyl (C=O) groups excluding carboxylic acids is 2. The highest BCUT2D eigenvalue weighted by Gasteiger charge is 2.32. The molecule has 2 aliphatic rings. The number of alkyl halides is 3. The molecule has 1 atom stereocenters. The zero-order valence-corrected chi connectivity index (χ0v) is 21.2. The van der Waals surface area contributed by atoms with Crippen LogP contribution in [0.5, 0.6) is 11.6 Å². The molecule has 0 amide bonds. The van der Waals surface area contributed by atoms with Gasteiger partial charge in [-0.05, 0) is 62.1 Å². The van der Waals surface area contributed by atoms with Gasteiger partial charge in [0, 0.05) is 6.42 Å². The molecule has 2 aromatic rings. The summed E-state index contributed by atoms with van der Waals surface area (Å²) in [6.07, 6.45) is 1.80. The van der Waals surface area contributed by atoms with Crippen molar-refractivity contribution in [3.05, 3.63) is 35.5 Å². The van der Waals surface area contributed by atoms with Gasteiger partial charge in [0.25, 0.3) is 5.88 Å². The number of rotatable bonds is 9. The van der Waals surface area contributed by atoms with E-state index in [2.05, 4.69) is 20.1 Å². The summed E-state index contributed by atoms with van der Waals surface area (Å²) >= 11 is 0. The van der Waals surface area contributed by atoms with Crippen molar-refractivity contribution < 1.29 is 41.7 Å². The Kier molecular flexibility index (Phi) is 9.11. The molecule has 0 aliphatic heterocycles. The highest BCUT2D eigenvalue weighted by molar-refractivity contribution is 5.89. The van der Waals surface area contributed by atoms with Crippen LogP contribution in [-0.2, 0) is 14.3 Å². The zero-order valence-electron chi connectivity index (χ0n) is 21.2. The first kappa shape index (κ1) is 27.7. The Morgan fingerprint density at radius 2 is 1.68 bits per heavy atom. The molecule has 2 fully saturated rings. The predicted octanol–water partition coefficient (Wildman–Crippen LogP) is 5.82. The number of carbonyl (C=O) groups is 2. The van der Waals surface area contributed by atoms with Crippen LogP contribution < -0.4 is 9.47 Å².